The van der Waals surface area contributed by atoms with E-state index in [1.54, 1.807) is 36.1 Å². The van der Waals surface area contributed by atoms with E-state index in [1.807, 2.05) is 0 Å². The molecule has 0 bridgehead atoms. The summed E-state index contributed by atoms with van der Waals surface area (Å²) in [5.41, 5.74) is 5.58. The number of nitrogens with one attached hydrogen (secondary N) is 1. The van der Waals surface area contributed by atoms with Crippen molar-refractivity contribution in [2.75, 3.05) is 26.2 Å². The molecule has 1 fully saturated rings. The maximum Gasteiger partial charge on any atom is 0.252 e. The highest BCUT2D eigenvalue weighted by atomic mass is 16.5. The van der Waals surface area contributed by atoms with Crippen molar-refractivity contribution in [1.82, 2.24) is 10.2 Å². The lowest BCUT2D eigenvalue weighted by molar-refractivity contribution is -0.133. The minimum absolute atomic E-state index is 0.0394. The number of rotatable bonds is 5. The number of carbonyl (C=O) groups excluding carboxylic acids is 3. The lowest BCUT2D eigenvalue weighted by atomic mass is 9.96. The molecular weight excluding hydrogens is 334 g/mol. The molecule has 1 aliphatic rings. The predicted molar refractivity (Wildman–Crippen MR) is 96.2 cm³/mol. The van der Waals surface area contributed by atoms with Crippen LogP contribution in [0.25, 0.3) is 0 Å². The molecular formula is C19H23N3O4. The van der Waals surface area contributed by atoms with Gasteiger partial charge in [0.15, 0.2) is 0 Å². The van der Waals surface area contributed by atoms with Crippen molar-refractivity contribution in [3.05, 3.63) is 29.8 Å². The molecule has 0 radical (unpaired) electrons. The third-order valence-electron chi connectivity index (χ3n) is 4.24. The lowest BCUT2D eigenvalue weighted by Crippen LogP contribution is -2.42. The Morgan fingerprint density at radius 1 is 1.23 bits per heavy atom. The van der Waals surface area contributed by atoms with Gasteiger partial charge in [0, 0.05) is 25.9 Å². The molecule has 0 unspecified atom stereocenters. The summed E-state index contributed by atoms with van der Waals surface area (Å²) < 4.78 is 5.43. The van der Waals surface area contributed by atoms with Gasteiger partial charge in [-0.3, -0.25) is 14.4 Å². The number of likely N-dealkylation sites (tertiary alicyclic amines) is 1. The molecule has 0 spiro atoms. The number of nitrogens with two attached hydrogens (primary N) is 1. The van der Waals surface area contributed by atoms with Gasteiger partial charge in [0.25, 0.3) is 5.91 Å². The van der Waals surface area contributed by atoms with Gasteiger partial charge in [-0.2, -0.15) is 0 Å². The van der Waals surface area contributed by atoms with Crippen LogP contribution < -0.4 is 15.8 Å². The van der Waals surface area contributed by atoms with Crippen LogP contribution in [0.1, 0.15) is 30.1 Å². The molecule has 7 nitrogen and oxygen atoms in total. The number of hydrogen-bond acceptors (Lipinski definition) is 4. The van der Waals surface area contributed by atoms with E-state index in [0.717, 1.165) is 0 Å². The summed E-state index contributed by atoms with van der Waals surface area (Å²) in [6.45, 7) is 3.10. The molecule has 1 aromatic rings. The van der Waals surface area contributed by atoms with Crippen LogP contribution >= 0.6 is 0 Å². The number of benzene rings is 1. The molecule has 1 aromatic carbocycles. The summed E-state index contributed by atoms with van der Waals surface area (Å²) in [4.78, 5) is 36.4. The average Bonchev–Trinajstić information content (AvgIpc) is 2.64. The van der Waals surface area contributed by atoms with Crippen molar-refractivity contribution in [3.63, 3.8) is 0 Å². The maximum absolute atomic E-state index is 12.1. The van der Waals surface area contributed by atoms with E-state index in [0.29, 0.717) is 37.2 Å². The Hall–Kier alpha value is -3.01. The molecule has 7 heteroatoms. The molecule has 0 aromatic heterocycles. The molecule has 138 valence electrons. The van der Waals surface area contributed by atoms with E-state index in [-0.39, 0.29) is 30.9 Å². The summed E-state index contributed by atoms with van der Waals surface area (Å²) in [6, 6.07) is 6.68. The highest BCUT2D eigenvalue weighted by Gasteiger charge is 2.25. The Balaban J connectivity index is 1.70. The maximum atomic E-state index is 12.1. The van der Waals surface area contributed by atoms with Gasteiger partial charge in [-0.15, -0.1) is 0 Å². The number of amides is 3. The Kier molecular flexibility index (Phi) is 7.03. The van der Waals surface area contributed by atoms with Crippen LogP contribution in [0.5, 0.6) is 5.75 Å². The van der Waals surface area contributed by atoms with Gasteiger partial charge in [0.05, 0.1) is 12.1 Å². The first kappa shape index (κ1) is 19.3. The lowest BCUT2D eigenvalue weighted by Gasteiger charge is -2.30. The van der Waals surface area contributed by atoms with E-state index in [1.165, 1.54) is 0 Å². The Morgan fingerprint density at radius 2 is 1.92 bits per heavy atom. The van der Waals surface area contributed by atoms with Crippen molar-refractivity contribution in [1.29, 1.82) is 0 Å². The fourth-order valence-corrected chi connectivity index (χ4v) is 2.76. The first-order chi connectivity index (χ1) is 12.5. The van der Waals surface area contributed by atoms with Crippen molar-refractivity contribution >= 4 is 17.7 Å². The van der Waals surface area contributed by atoms with Gasteiger partial charge in [0.1, 0.15) is 12.4 Å². The third kappa shape index (κ3) is 5.52. The van der Waals surface area contributed by atoms with Crippen LogP contribution in [0.2, 0.25) is 0 Å². The largest absolute Gasteiger partial charge is 0.480 e. The summed E-state index contributed by atoms with van der Waals surface area (Å²) >= 11 is 0. The van der Waals surface area contributed by atoms with Crippen LogP contribution in [0.3, 0.4) is 0 Å². The standard InChI is InChI=1S/C19H23N3O4/c1-14(23)22-11-8-15(9-12-22)19(25)21-10-4-5-13-26-17-7-3-2-6-16(17)18(20)24/h2-3,6-7,15H,8-13H2,1H3,(H2,20,24)(H,21,25). The van der Waals surface area contributed by atoms with E-state index >= 15 is 0 Å². The van der Waals surface area contributed by atoms with Crippen LogP contribution in [-0.4, -0.2) is 48.9 Å². The second-order valence-electron chi connectivity index (χ2n) is 6.00. The van der Waals surface area contributed by atoms with Gasteiger partial charge in [-0.1, -0.05) is 24.0 Å². The number of carbonyl (C=O) groups is 3. The SMILES string of the molecule is CC(=O)N1CCC(C(=O)NCC#CCOc2ccccc2C(N)=O)CC1. The van der Waals surface area contributed by atoms with Gasteiger partial charge >= 0.3 is 0 Å². The van der Waals surface area contributed by atoms with Gasteiger partial charge in [0.2, 0.25) is 11.8 Å². The summed E-state index contributed by atoms with van der Waals surface area (Å²) in [7, 11) is 0. The molecule has 3 amide bonds. The quantitative estimate of drug-likeness (QED) is 0.751. The van der Waals surface area contributed by atoms with Crippen LogP contribution in [0, 0.1) is 17.8 Å². The third-order valence-corrected chi connectivity index (χ3v) is 4.24. The normalized spacial score (nSPS) is 14.1. The number of ether oxygens (including phenoxy) is 1. The molecule has 0 atom stereocenters. The first-order valence-corrected chi connectivity index (χ1v) is 8.49. The minimum Gasteiger partial charge on any atom is -0.480 e. The van der Waals surface area contributed by atoms with Crippen molar-refractivity contribution in [2.45, 2.75) is 19.8 Å². The molecule has 0 aliphatic carbocycles. The zero-order valence-electron chi connectivity index (χ0n) is 14.8. The van der Waals surface area contributed by atoms with E-state index in [4.69, 9.17) is 10.5 Å². The van der Waals surface area contributed by atoms with Crippen LogP contribution in [0.4, 0.5) is 0 Å². The van der Waals surface area contributed by atoms with Crippen molar-refractivity contribution in [2.24, 2.45) is 11.7 Å². The Labute approximate surface area is 152 Å². The molecule has 0 saturated carbocycles. The molecule has 26 heavy (non-hydrogen) atoms. The number of primary amides is 1. The molecule has 1 heterocycles. The smallest absolute Gasteiger partial charge is 0.252 e. The summed E-state index contributed by atoms with van der Waals surface area (Å²) in [5, 5.41) is 2.78. The second-order valence-corrected chi connectivity index (χ2v) is 6.00. The van der Waals surface area contributed by atoms with E-state index < -0.39 is 5.91 Å². The zero-order valence-corrected chi connectivity index (χ0v) is 14.8. The fourth-order valence-electron chi connectivity index (χ4n) is 2.76. The fraction of sp³-hybridized carbons (Fsp3) is 0.421. The van der Waals surface area contributed by atoms with Gasteiger partial charge in [-0.25, -0.2) is 0 Å². The average molecular weight is 357 g/mol. The number of nitrogens with zero attached hydrogens (tertiary/aromatic N) is 1. The van der Waals surface area contributed by atoms with Gasteiger partial charge < -0.3 is 20.7 Å². The minimum atomic E-state index is -0.559. The number of para-hydroxylation sites is 1. The number of hydrogen-bond donors (Lipinski definition) is 2. The van der Waals surface area contributed by atoms with Crippen molar-refractivity contribution < 1.29 is 19.1 Å². The van der Waals surface area contributed by atoms with Crippen LogP contribution in [-0.2, 0) is 9.59 Å². The highest BCUT2D eigenvalue weighted by molar-refractivity contribution is 5.95. The molecule has 1 saturated heterocycles. The zero-order chi connectivity index (χ0) is 18.9. The topological polar surface area (TPSA) is 102 Å². The second kappa shape index (κ2) is 9.47. The monoisotopic (exact) mass is 357 g/mol. The van der Waals surface area contributed by atoms with Crippen molar-refractivity contribution in [3.8, 4) is 17.6 Å². The molecule has 3 N–H and O–H groups in total. The van der Waals surface area contributed by atoms with E-state index in [2.05, 4.69) is 17.2 Å². The summed E-state index contributed by atoms with van der Waals surface area (Å²) in [6.07, 6.45) is 1.34. The number of piperidine rings is 1. The molecule has 1 aliphatic heterocycles. The highest BCUT2D eigenvalue weighted by Crippen LogP contribution is 2.17. The first-order valence-electron chi connectivity index (χ1n) is 8.49. The molecule has 2 rings (SSSR count). The Morgan fingerprint density at radius 3 is 2.58 bits per heavy atom. The Bertz CT molecular complexity index is 728. The van der Waals surface area contributed by atoms with Crippen LogP contribution in [0.15, 0.2) is 24.3 Å². The summed E-state index contributed by atoms with van der Waals surface area (Å²) in [5.74, 6) is 5.36. The predicted octanol–water partition coefficient (Wildman–Crippen LogP) is 0.542. The van der Waals surface area contributed by atoms with E-state index in [9.17, 15) is 14.4 Å². The van der Waals surface area contributed by atoms with Gasteiger partial charge in [-0.05, 0) is 25.0 Å².